The van der Waals surface area contributed by atoms with Crippen LogP contribution in [0.25, 0.3) is 0 Å². The summed E-state index contributed by atoms with van der Waals surface area (Å²) >= 11 is 5.93. The first-order valence-corrected chi connectivity index (χ1v) is 7.48. The standard InChI is InChI=1S/C12H13ClN2O3S/c1-15(12(8-14)6-7-18-9-12)19(16,17)11-5-3-2-4-10(11)13/h2-5H,6-7,9H2,1H3/t12-/m0/s1. The first-order valence-electron chi connectivity index (χ1n) is 5.67. The lowest BCUT2D eigenvalue weighted by atomic mass is 10.0. The summed E-state index contributed by atoms with van der Waals surface area (Å²) in [5.74, 6) is 0. The molecular weight excluding hydrogens is 288 g/mol. The van der Waals surface area contributed by atoms with Gasteiger partial charge in [0, 0.05) is 20.1 Å². The number of sulfonamides is 1. The first-order chi connectivity index (χ1) is 8.94. The number of hydrogen-bond donors (Lipinski definition) is 0. The smallest absolute Gasteiger partial charge is 0.245 e. The number of benzene rings is 1. The summed E-state index contributed by atoms with van der Waals surface area (Å²) < 4.78 is 31.3. The van der Waals surface area contributed by atoms with Gasteiger partial charge in [-0.25, -0.2) is 8.42 Å². The second-order valence-electron chi connectivity index (χ2n) is 4.35. The van der Waals surface area contributed by atoms with Crippen molar-refractivity contribution in [1.29, 1.82) is 5.26 Å². The van der Waals surface area contributed by atoms with E-state index >= 15 is 0 Å². The molecule has 0 spiro atoms. The third-order valence-electron chi connectivity index (χ3n) is 3.29. The summed E-state index contributed by atoms with van der Waals surface area (Å²) in [6, 6.07) is 8.23. The Bertz CT molecular complexity index is 618. The maximum absolute atomic E-state index is 12.5. The molecule has 0 aliphatic carbocycles. The van der Waals surface area contributed by atoms with E-state index < -0.39 is 15.6 Å². The number of halogens is 1. The van der Waals surface area contributed by atoms with E-state index in [2.05, 4.69) is 6.07 Å². The van der Waals surface area contributed by atoms with E-state index in [0.29, 0.717) is 13.0 Å². The van der Waals surface area contributed by atoms with Crippen molar-refractivity contribution in [2.45, 2.75) is 16.9 Å². The van der Waals surface area contributed by atoms with Crippen molar-refractivity contribution < 1.29 is 13.2 Å². The van der Waals surface area contributed by atoms with Crippen LogP contribution in [0.4, 0.5) is 0 Å². The molecule has 1 aliphatic rings. The highest BCUT2D eigenvalue weighted by Crippen LogP contribution is 2.32. The van der Waals surface area contributed by atoms with Gasteiger partial charge in [0.25, 0.3) is 0 Å². The summed E-state index contributed by atoms with van der Waals surface area (Å²) in [6.07, 6.45) is 0.351. The molecule has 1 atom stereocenters. The number of likely N-dealkylation sites (N-methyl/N-ethyl adjacent to an activating group) is 1. The third-order valence-corrected chi connectivity index (χ3v) is 5.71. The number of nitriles is 1. The van der Waals surface area contributed by atoms with E-state index in [1.165, 1.54) is 19.2 Å². The molecule has 1 saturated heterocycles. The highest BCUT2D eigenvalue weighted by atomic mass is 35.5. The molecule has 1 fully saturated rings. The molecule has 0 aromatic heterocycles. The van der Waals surface area contributed by atoms with Crippen molar-refractivity contribution in [3.05, 3.63) is 29.3 Å². The second-order valence-corrected chi connectivity index (χ2v) is 6.69. The molecule has 5 nitrogen and oxygen atoms in total. The Balaban J connectivity index is 2.46. The zero-order chi connectivity index (χ0) is 14.1. The third kappa shape index (κ3) is 2.35. The maximum Gasteiger partial charge on any atom is 0.245 e. The number of ether oxygens (including phenoxy) is 1. The summed E-state index contributed by atoms with van der Waals surface area (Å²) in [4.78, 5) is 0.000640. The van der Waals surface area contributed by atoms with Gasteiger partial charge in [-0.05, 0) is 12.1 Å². The van der Waals surface area contributed by atoms with Crippen LogP contribution in [-0.4, -0.2) is 38.5 Å². The van der Waals surface area contributed by atoms with Crippen molar-refractivity contribution >= 4 is 21.6 Å². The molecule has 19 heavy (non-hydrogen) atoms. The minimum Gasteiger partial charge on any atom is -0.378 e. The minimum atomic E-state index is -3.82. The quantitative estimate of drug-likeness (QED) is 0.851. The lowest BCUT2D eigenvalue weighted by Crippen LogP contribution is -2.49. The van der Waals surface area contributed by atoms with E-state index in [9.17, 15) is 13.7 Å². The fourth-order valence-electron chi connectivity index (χ4n) is 1.99. The Labute approximate surface area is 117 Å². The first kappa shape index (κ1) is 14.3. The Kier molecular flexibility index (Phi) is 3.83. The highest BCUT2D eigenvalue weighted by Gasteiger charge is 2.45. The second kappa shape index (κ2) is 5.10. The van der Waals surface area contributed by atoms with Crippen molar-refractivity contribution in [1.82, 2.24) is 4.31 Å². The van der Waals surface area contributed by atoms with E-state index in [-0.39, 0.29) is 16.5 Å². The summed E-state index contributed by atoms with van der Waals surface area (Å²) in [7, 11) is -2.44. The van der Waals surface area contributed by atoms with Gasteiger partial charge in [-0.3, -0.25) is 0 Å². The van der Waals surface area contributed by atoms with Crippen LogP contribution >= 0.6 is 11.6 Å². The molecule has 0 saturated carbocycles. The fourth-order valence-corrected chi connectivity index (χ4v) is 3.93. The Morgan fingerprint density at radius 3 is 2.68 bits per heavy atom. The molecule has 1 aliphatic heterocycles. The number of hydrogen-bond acceptors (Lipinski definition) is 4. The molecule has 7 heteroatoms. The van der Waals surface area contributed by atoms with Gasteiger partial charge in [-0.15, -0.1) is 0 Å². The summed E-state index contributed by atoms with van der Waals surface area (Å²) in [6.45, 7) is 0.444. The fraction of sp³-hybridized carbons (Fsp3) is 0.417. The molecule has 0 unspecified atom stereocenters. The van der Waals surface area contributed by atoms with Crippen LogP contribution in [0.2, 0.25) is 5.02 Å². The average Bonchev–Trinajstić information content (AvgIpc) is 2.88. The van der Waals surface area contributed by atoms with Crippen LogP contribution in [0.5, 0.6) is 0 Å². The molecule has 0 bridgehead atoms. The van der Waals surface area contributed by atoms with Gasteiger partial charge in [0.1, 0.15) is 10.4 Å². The van der Waals surface area contributed by atoms with E-state index in [1.807, 2.05) is 0 Å². The van der Waals surface area contributed by atoms with Gasteiger partial charge in [-0.1, -0.05) is 23.7 Å². The van der Waals surface area contributed by atoms with E-state index in [0.717, 1.165) is 4.31 Å². The zero-order valence-electron chi connectivity index (χ0n) is 10.3. The molecular formula is C12H13ClN2O3S. The van der Waals surface area contributed by atoms with Crippen LogP contribution in [0.1, 0.15) is 6.42 Å². The highest BCUT2D eigenvalue weighted by molar-refractivity contribution is 7.89. The number of rotatable bonds is 3. The molecule has 0 N–H and O–H groups in total. The van der Waals surface area contributed by atoms with Gasteiger partial charge < -0.3 is 4.74 Å². The summed E-state index contributed by atoms with van der Waals surface area (Å²) in [5.41, 5.74) is -1.15. The van der Waals surface area contributed by atoms with Crippen molar-refractivity contribution in [3.8, 4) is 6.07 Å². The average molecular weight is 301 g/mol. The van der Waals surface area contributed by atoms with Crippen LogP contribution in [0.15, 0.2) is 29.2 Å². The van der Waals surface area contributed by atoms with Crippen LogP contribution in [0, 0.1) is 11.3 Å². The van der Waals surface area contributed by atoms with Gasteiger partial charge in [0.15, 0.2) is 0 Å². The Hall–Kier alpha value is -1.13. The maximum atomic E-state index is 12.5. The Morgan fingerprint density at radius 2 is 2.16 bits per heavy atom. The lowest BCUT2D eigenvalue weighted by molar-refractivity contribution is 0.162. The molecule has 1 heterocycles. The van der Waals surface area contributed by atoms with E-state index in [4.69, 9.17) is 16.3 Å². The predicted molar refractivity (Wildman–Crippen MR) is 70.2 cm³/mol. The molecule has 1 aromatic rings. The Morgan fingerprint density at radius 1 is 1.47 bits per heavy atom. The SMILES string of the molecule is CN([C@]1(C#N)CCOC1)S(=O)(=O)c1ccccc1Cl. The van der Waals surface area contributed by atoms with Crippen LogP contribution in [-0.2, 0) is 14.8 Å². The molecule has 0 amide bonds. The lowest BCUT2D eigenvalue weighted by Gasteiger charge is -2.30. The molecule has 0 radical (unpaired) electrons. The topological polar surface area (TPSA) is 70.4 Å². The molecule has 102 valence electrons. The predicted octanol–water partition coefficient (Wildman–Crippen LogP) is 1.64. The summed E-state index contributed by atoms with van der Waals surface area (Å²) in [5, 5.41) is 9.44. The zero-order valence-corrected chi connectivity index (χ0v) is 11.9. The van der Waals surface area contributed by atoms with Gasteiger partial charge in [0.05, 0.1) is 17.7 Å². The molecule has 2 rings (SSSR count). The van der Waals surface area contributed by atoms with Gasteiger partial charge in [-0.2, -0.15) is 9.57 Å². The number of nitrogens with zero attached hydrogens (tertiary/aromatic N) is 2. The monoisotopic (exact) mass is 300 g/mol. The van der Waals surface area contributed by atoms with Gasteiger partial charge >= 0.3 is 0 Å². The van der Waals surface area contributed by atoms with E-state index in [1.54, 1.807) is 12.1 Å². The van der Waals surface area contributed by atoms with Crippen LogP contribution < -0.4 is 0 Å². The van der Waals surface area contributed by atoms with Gasteiger partial charge in [0.2, 0.25) is 10.0 Å². The van der Waals surface area contributed by atoms with Crippen molar-refractivity contribution in [2.24, 2.45) is 0 Å². The normalized spacial score (nSPS) is 23.5. The van der Waals surface area contributed by atoms with Crippen molar-refractivity contribution in [2.75, 3.05) is 20.3 Å². The largest absolute Gasteiger partial charge is 0.378 e. The van der Waals surface area contributed by atoms with Crippen LogP contribution in [0.3, 0.4) is 0 Å². The minimum absolute atomic E-state index is 0.000640. The molecule has 1 aromatic carbocycles. The van der Waals surface area contributed by atoms with Crippen molar-refractivity contribution in [3.63, 3.8) is 0 Å².